The van der Waals surface area contributed by atoms with Gasteiger partial charge in [-0.25, -0.2) is 9.18 Å². The second-order valence-corrected chi connectivity index (χ2v) is 13.6. The van der Waals surface area contributed by atoms with Crippen LogP contribution in [0, 0.1) is 0 Å². The van der Waals surface area contributed by atoms with Crippen molar-refractivity contribution in [3.05, 3.63) is 45.8 Å². The predicted molar refractivity (Wildman–Crippen MR) is 108 cm³/mol. The molecule has 28 heavy (non-hydrogen) atoms. The molecule has 1 fully saturated rings. The molecule has 1 unspecified atom stereocenters. The van der Waals surface area contributed by atoms with E-state index in [-0.39, 0.29) is 11.5 Å². The number of alkyl halides is 1. The van der Waals surface area contributed by atoms with Gasteiger partial charge in [0.1, 0.15) is 11.7 Å². The molecule has 0 saturated carbocycles. The summed E-state index contributed by atoms with van der Waals surface area (Å²) in [4.78, 5) is 24.2. The van der Waals surface area contributed by atoms with Gasteiger partial charge in [-0.1, -0.05) is 26.8 Å². The maximum Gasteiger partial charge on any atom is 0.332 e. The van der Waals surface area contributed by atoms with Gasteiger partial charge in [0.05, 0.1) is 6.61 Å². The Labute approximate surface area is 165 Å². The van der Waals surface area contributed by atoms with Crippen LogP contribution >= 0.6 is 0 Å². The molecule has 9 heteroatoms. The van der Waals surface area contributed by atoms with Crippen molar-refractivity contribution in [3.8, 4) is 0 Å². The molecule has 1 aromatic rings. The Morgan fingerprint density at radius 1 is 1.43 bits per heavy atom. The monoisotopic (exact) mass is 414 g/mol. The summed E-state index contributed by atoms with van der Waals surface area (Å²) in [6.45, 7) is 13.3. The van der Waals surface area contributed by atoms with E-state index in [1.807, 2.05) is 33.9 Å². The molecule has 0 spiro atoms. The zero-order valence-corrected chi connectivity index (χ0v) is 18.4. The van der Waals surface area contributed by atoms with E-state index in [9.17, 15) is 14.7 Å². The quantitative estimate of drug-likeness (QED) is 0.569. The molecule has 1 saturated heterocycles. The van der Waals surface area contributed by atoms with E-state index in [1.54, 1.807) is 0 Å². The Hall–Kier alpha value is -1.55. The Bertz CT molecular complexity index is 844. The molecule has 4 atom stereocenters. The summed E-state index contributed by atoms with van der Waals surface area (Å²) in [5.41, 5.74) is -2.56. The van der Waals surface area contributed by atoms with Crippen molar-refractivity contribution in [2.75, 3.05) is 6.61 Å². The third-order valence-electron chi connectivity index (χ3n) is 5.91. The number of nitrogens with zero attached hydrogens (tertiary/aromatic N) is 2. The fourth-order valence-corrected chi connectivity index (χ4v) is 4.40. The molecule has 2 heterocycles. The molecule has 0 bridgehead atoms. The number of hydrogen-bond donors (Lipinski definition) is 1. The number of aromatic nitrogens is 2. The van der Waals surface area contributed by atoms with E-state index in [2.05, 4.69) is 6.58 Å². The van der Waals surface area contributed by atoms with Crippen LogP contribution in [-0.4, -0.2) is 47.0 Å². The van der Waals surface area contributed by atoms with Crippen LogP contribution in [0.15, 0.2) is 34.5 Å². The number of hydrogen-bond acceptors (Lipinski definition) is 5. The third-order valence-corrected chi connectivity index (χ3v) is 10.4. The molecule has 1 aromatic heterocycles. The fraction of sp³-hybridized carbons (Fsp3) is 0.684. The van der Waals surface area contributed by atoms with Crippen molar-refractivity contribution in [2.45, 2.75) is 69.4 Å². The van der Waals surface area contributed by atoms with Crippen molar-refractivity contribution >= 4 is 8.32 Å². The Balaban J connectivity index is 2.55. The molecular weight excluding hydrogens is 383 g/mol. The van der Waals surface area contributed by atoms with Gasteiger partial charge >= 0.3 is 5.69 Å². The van der Waals surface area contributed by atoms with Crippen LogP contribution in [0.5, 0.6) is 0 Å². The van der Waals surface area contributed by atoms with Gasteiger partial charge in [0, 0.05) is 19.3 Å². The van der Waals surface area contributed by atoms with Gasteiger partial charge in [0.25, 0.3) is 5.56 Å². The largest absolute Gasteiger partial charge is 0.408 e. The predicted octanol–water partition coefficient (Wildman–Crippen LogP) is 2.11. The lowest BCUT2D eigenvalue weighted by molar-refractivity contribution is -0.124. The van der Waals surface area contributed by atoms with Crippen LogP contribution < -0.4 is 11.2 Å². The lowest BCUT2D eigenvalue weighted by atomic mass is 9.93. The first-order chi connectivity index (χ1) is 12.8. The maximum atomic E-state index is 15.7. The molecule has 0 amide bonds. The molecule has 0 radical (unpaired) electrons. The van der Waals surface area contributed by atoms with Crippen molar-refractivity contribution in [2.24, 2.45) is 7.05 Å². The molecular formula is C19H31FN2O5Si. The Morgan fingerprint density at radius 2 is 2.04 bits per heavy atom. The molecule has 0 aliphatic carbocycles. The Morgan fingerprint density at radius 3 is 2.54 bits per heavy atom. The van der Waals surface area contributed by atoms with Crippen molar-refractivity contribution in [1.82, 2.24) is 9.13 Å². The van der Waals surface area contributed by atoms with Crippen LogP contribution in [0.25, 0.3) is 0 Å². The molecule has 158 valence electrons. The number of halogens is 1. The van der Waals surface area contributed by atoms with E-state index >= 15 is 4.39 Å². The normalized spacial score (nSPS) is 28.5. The highest BCUT2D eigenvalue weighted by Crippen LogP contribution is 2.46. The third kappa shape index (κ3) is 3.80. The highest BCUT2D eigenvalue weighted by atomic mass is 28.4. The van der Waals surface area contributed by atoms with Crippen molar-refractivity contribution < 1.29 is 18.7 Å². The molecule has 1 aliphatic heterocycles. The van der Waals surface area contributed by atoms with E-state index in [4.69, 9.17) is 9.16 Å². The topological polar surface area (TPSA) is 82.7 Å². The second kappa shape index (κ2) is 7.70. The Kier molecular flexibility index (Phi) is 6.25. The van der Waals surface area contributed by atoms with Gasteiger partial charge in [-0.05, 0) is 24.6 Å². The second-order valence-electron chi connectivity index (χ2n) is 8.87. The fourth-order valence-electron chi connectivity index (χ4n) is 3.07. The lowest BCUT2D eigenvalue weighted by Crippen LogP contribution is -2.54. The van der Waals surface area contributed by atoms with Crippen molar-refractivity contribution in [1.29, 1.82) is 0 Å². The summed E-state index contributed by atoms with van der Waals surface area (Å²) in [6.07, 6.45) is -1.20. The zero-order valence-electron chi connectivity index (χ0n) is 17.4. The molecule has 0 aromatic carbocycles. The smallest absolute Gasteiger partial charge is 0.332 e. The summed E-state index contributed by atoms with van der Waals surface area (Å²) in [7, 11) is -1.10. The van der Waals surface area contributed by atoms with Crippen LogP contribution in [0.2, 0.25) is 18.1 Å². The van der Waals surface area contributed by atoms with Crippen LogP contribution in [0.3, 0.4) is 0 Å². The first-order valence-corrected chi connectivity index (χ1v) is 12.2. The minimum Gasteiger partial charge on any atom is -0.408 e. The van der Waals surface area contributed by atoms with Gasteiger partial charge < -0.3 is 14.3 Å². The molecule has 7 nitrogen and oxygen atoms in total. The van der Waals surface area contributed by atoms with Gasteiger partial charge in [-0.3, -0.25) is 13.9 Å². The molecule has 2 rings (SSSR count). The van der Waals surface area contributed by atoms with E-state index in [1.165, 1.54) is 25.4 Å². The van der Waals surface area contributed by atoms with Crippen LogP contribution in [0.4, 0.5) is 4.39 Å². The van der Waals surface area contributed by atoms with E-state index in [0.717, 1.165) is 9.13 Å². The van der Waals surface area contributed by atoms with Crippen molar-refractivity contribution in [3.63, 3.8) is 0 Å². The summed E-state index contributed by atoms with van der Waals surface area (Å²) >= 11 is 0. The zero-order chi connectivity index (χ0) is 21.5. The minimum absolute atomic E-state index is 0.153. The summed E-state index contributed by atoms with van der Waals surface area (Å²) in [5.74, 6) is 0. The van der Waals surface area contributed by atoms with Gasteiger partial charge in [0.2, 0.25) is 0 Å². The highest BCUT2D eigenvalue weighted by molar-refractivity contribution is 6.74. The maximum absolute atomic E-state index is 15.7. The number of aliphatic hydroxyl groups is 1. The summed E-state index contributed by atoms with van der Waals surface area (Å²) in [6, 6.07) is 1.17. The highest BCUT2D eigenvalue weighted by Gasteiger charge is 2.59. The minimum atomic E-state index is -2.42. The number of rotatable bonds is 6. The first-order valence-electron chi connectivity index (χ1n) is 9.31. The van der Waals surface area contributed by atoms with Crippen LogP contribution in [0.1, 0.15) is 33.4 Å². The average Bonchev–Trinajstić information content (AvgIpc) is 2.85. The van der Waals surface area contributed by atoms with E-state index in [0.29, 0.717) is 0 Å². The standard InChI is InChI=1S/C19H31FN2O5Si/c1-8-10-19(12-23)15(27-28(6,7)18(2,3)4)14(20)16(26-19)22-11-9-13(24)21(5)17(22)25/h8-9,11,14-16,23H,1,10,12H2,2-7H3/t14-,15?,16-,19-/m1/s1. The van der Waals surface area contributed by atoms with Gasteiger partial charge in [0.15, 0.2) is 20.7 Å². The average molecular weight is 415 g/mol. The van der Waals surface area contributed by atoms with Gasteiger partial charge in [-0.2, -0.15) is 0 Å². The van der Waals surface area contributed by atoms with Crippen LogP contribution in [-0.2, 0) is 16.2 Å². The number of aliphatic hydroxyl groups excluding tert-OH is 1. The first kappa shape index (κ1) is 22.7. The summed E-state index contributed by atoms with van der Waals surface area (Å²) < 4.78 is 29.8. The summed E-state index contributed by atoms with van der Waals surface area (Å²) in [5, 5.41) is 9.93. The number of ether oxygens (including phenoxy) is 1. The van der Waals surface area contributed by atoms with E-state index < -0.39 is 50.3 Å². The molecule has 1 aliphatic rings. The molecule has 1 N–H and O–H groups in total. The SMILES string of the molecule is C=CC[C@]1(CO)O[C@@H](n2ccc(=O)n(C)c2=O)[C@H](F)C1O[Si](C)(C)C(C)(C)C. The lowest BCUT2D eigenvalue weighted by Gasteiger charge is -2.42. The van der Waals surface area contributed by atoms with Gasteiger partial charge in [-0.15, -0.1) is 6.58 Å².